The first-order valence-corrected chi connectivity index (χ1v) is 19.2. The van der Waals surface area contributed by atoms with E-state index in [1.165, 1.54) is 11.3 Å². The highest BCUT2D eigenvalue weighted by Gasteiger charge is 2.26. The van der Waals surface area contributed by atoms with Crippen LogP contribution in [0.1, 0.15) is 35.4 Å². The Kier molecular flexibility index (Phi) is 11.4. The number of hydrogen-bond donors (Lipinski definition) is 3. The highest BCUT2D eigenvalue weighted by molar-refractivity contribution is 7.94. The van der Waals surface area contributed by atoms with Crippen molar-refractivity contribution in [3.05, 3.63) is 53.2 Å². The first-order chi connectivity index (χ1) is 23.3. The van der Waals surface area contributed by atoms with E-state index in [2.05, 4.69) is 25.0 Å². The number of aromatic nitrogens is 3. The Labute approximate surface area is 287 Å². The molecule has 258 valence electrons. The molecule has 4 N–H and O–H groups in total. The van der Waals surface area contributed by atoms with Crippen molar-refractivity contribution in [1.29, 1.82) is 0 Å². The molecule has 17 heteroatoms. The van der Waals surface area contributed by atoms with Crippen molar-refractivity contribution >= 4 is 65.5 Å². The molecule has 48 heavy (non-hydrogen) atoms. The third-order valence-electron chi connectivity index (χ3n) is 8.29. The number of thiazole rings is 1. The number of amides is 2. The van der Waals surface area contributed by atoms with E-state index in [1.54, 1.807) is 35.7 Å². The number of nitrogens with one attached hydrogen (secondary N) is 2. The molecule has 1 aromatic carbocycles. The van der Waals surface area contributed by atoms with Crippen LogP contribution in [-0.2, 0) is 37.4 Å². The van der Waals surface area contributed by atoms with E-state index in [4.69, 9.17) is 15.2 Å². The van der Waals surface area contributed by atoms with E-state index in [1.807, 2.05) is 15.6 Å². The number of sulfonamides is 1. The van der Waals surface area contributed by atoms with E-state index in [0.29, 0.717) is 60.9 Å². The second-order valence-electron chi connectivity index (χ2n) is 11.8. The van der Waals surface area contributed by atoms with Gasteiger partial charge in [0.05, 0.1) is 41.4 Å². The van der Waals surface area contributed by atoms with Crippen LogP contribution in [-0.4, -0.2) is 104 Å². The molecule has 0 saturated carbocycles. The van der Waals surface area contributed by atoms with E-state index in [-0.39, 0.29) is 22.6 Å². The quantitative estimate of drug-likeness (QED) is 0.165. The van der Waals surface area contributed by atoms with Crippen LogP contribution in [0.4, 0.5) is 10.8 Å². The first kappa shape index (κ1) is 34.4. The third kappa shape index (κ3) is 8.76. The van der Waals surface area contributed by atoms with Crippen molar-refractivity contribution in [3.63, 3.8) is 0 Å². The Morgan fingerprint density at radius 1 is 1.04 bits per heavy atom. The average Bonchev–Trinajstić information content (AvgIpc) is 3.82. The molecule has 6 rings (SSSR count). The number of nitrogens with zero attached hydrogens (tertiary/aromatic N) is 5. The predicted molar refractivity (Wildman–Crippen MR) is 185 cm³/mol. The maximum absolute atomic E-state index is 13.2. The third-order valence-corrected chi connectivity index (χ3v) is 12.0. The zero-order chi connectivity index (χ0) is 33.5. The number of nitrogens with two attached hydrogens (primary N) is 1. The Hall–Kier alpha value is -3.45. The number of benzene rings is 1. The molecule has 3 aromatic heterocycles. The predicted octanol–water partition coefficient (Wildman–Crippen LogP) is 3.04. The number of aryl methyl sites for hydroxylation is 1. The Bertz CT molecular complexity index is 1800. The van der Waals surface area contributed by atoms with Gasteiger partial charge in [0.2, 0.25) is 5.91 Å². The molecule has 0 bridgehead atoms. The van der Waals surface area contributed by atoms with Crippen molar-refractivity contribution in [2.45, 2.75) is 36.6 Å². The lowest BCUT2D eigenvalue weighted by Crippen LogP contribution is -2.43. The second-order valence-corrected chi connectivity index (χ2v) is 15.7. The summed E-state index contributed by atoms with van der Waals surface area (Å²) >= 11 is 2.41. The number of hydrogen-bond acceptors (Lipinski definition) is 12. The number of piperidine rings is 1. The lowest BCUT2D eigenvalue weighted by molar-refractivity contribution is -0.138. The molecule has 2 amide bonds. The van der Waals surface area contributed by atoms with Gasteiger partial charge in [-0.3, -0.25) is 29.2 Å². The summed E-state index contributed by atoms with van der Waals surface area (Å²) in [5, 5.41) is 9.59. The van der Waals surface area contributed by atoms with Gasteiger partial charge in [0.1, 0.15) is 10.8 Å². The molecule has 4 aromatic rings. The van der Waals surface area contributed by atoms with Crippen molar-refractivity contribution < 1.29 is 27.5 Å². The summed E-state index contributed by atoms with van der Waals surface area (Å²) in [5.74, 6) is 0.163. The summed E-state index contributed by atoms with van der Waals surface area (Å²) < 4.78 is 41.5. The largest absolute Gasteiger partial charge is 0.378 e. The van der Waals surface area contributed by atoms with Crippen LogP contribution in [0.2, 0.25) is 0 Å². The SMILES string of the molecule is NCCOCCOCC(=O)N1CCC(CN2CCCn3nc(C(=O)Nc4nc5ccc(NS(=O)(=O)c6cccs6)cc5s4)cc3C2)CC1. The van der Waals surface area contributed by atoms with Crippen molar-refractivity contribution in [2.24, 2.45) is 11.7 Å². The lowest BCUT2D eigenvalue weighted by Gasteiger charge is -2.34. The molecule has 0 radical (unpaired) electrons. The summed E-state index contributed by atoms with van der Waals surface area (Å²) in [4.78, 5) is 34.6. The summed E-state index contributed by atoms with van der Waals surface area (Å²) in [7, 11) is -3.67. The first-order valence-electron chi connectivity index (χ1n) is 16.0. The molecular weight excluding hydrogens is 677 g/mol. The number of anilines is 2. The van der Waals surface area contributed by atoms with Crippen LogP contribution < -0.4 is 15.8 Å². The lowest BCUT2D eigenvalue weighted by atomic mass is 9.96. The standard InChI is InChI=1S/C31H40N8O6S3/c32-8-13-44-14-15-45-21-28(40)38-11-6-22(7-12-38)19-37-9-2-10-39-24(20-37)18-26(35-39)30(41)34-31-33-25-5-4-23(17-27(25)47-31)36-48(42,43)29-3-1-16-46-29/h1,3-5,16-18,22,36H,2,6-15,19-21,32H2,(H,33,34,41). The van der Waals surface area contributed by atoms with Gasteiger partial charge in [0, 0.05) is 45.8 Å². The molecule has 0 atom stereocenters. The summed E-state index contributed by atoms with van der Waals surface area (Å²) in [6, 6.07) is 10.2. The second kappa shape index (κ2) is 15.8. The molecule has 1 saturated heterocycles. The van der Waals surface area contributed by atoms with Gasteiger partial charge in [0.15, 0.2) is 10.8 Å². The van der Waals surface area contributed by atoms with E-state index >= 15 is 0 Å². The van der Waals surface area contributed by atoms with E-state index < -0.39 is 10.0 Å². The van der Waals surface area contributed by atoms with Crippen LogP contribution in [0.15, 0.2) is 46.0 Å². The van der Waals surface area contributed by atoms with E-state index in [0.717, 1.165) is 73.7 Å². The molecule has 1 fully saturated rings. The number of ether oxygens (including phenoxy) is 2. The summed E-state index contributed by atoms with van der Waals surface area (Å²) in [5.41, 5.74) is 7.79. The zero-order valence-corrected chi connectivity index (χ0v) is 29.0. The Morgan fingerprint density at radius 2 is 1.88 bits per heavy atom. The van der Waals surface area contributed by atoms with E-state index in [9.17, 15) is 18.0 Å². The maximum Gasteiger partial charge on any atom is 0.277 e. The Balaban J connectivity index is 0.990. The van der Waals surface area contributed by atoms with Crippen molar-refractivity contribution in [2.75, 3.05) is 69.2 Å². The van der Waals surface area contributed by atoms with Gasteiger partial charge in [-0.1, -0.05) is 17.4 Å². The number of likely N-dealkylation sites (tertiary alicyclic amines) is 1. The van der Waals surface area contributed by atoms with Crippen LogP contribution in [0.3, 0.4) is 0 Å². The fraction of sp³-hybridized carbons (Fsp3) is 0.484. The molecule has 2 aliphatic heterocycles. The molecule has 0 aliphatic carbocycles. The highest BCUT2D eigenvalue weighted by atomic mass is 32.2. The minimum atomic E-state index is -3.67. The maximum atomic E-state index is 13.2. The normalized spacial score (nSPS) is 16.1. The molecule has 0 unspecified atom stereocenters. The van der Waals surface area contributed by atoms with Crippen LogP contribution in [0.5, 0.6) is 0 Å². The number of carbonyl (C=O) groups excluding carboxylic acids is 2. The van der Waals surface area contributed by atoms with Gasteiger partial charge < -0.3 is 20.1 Å². The number of carbonyl (C=O) groups is 2. The van der Waals surface area contributed by atoms with Gasteiger partial charge >= 0.3 is 0 Å². The summed E-state index contributed by atoms with van der Waals surface area (Å²) in [6.07, 6.45) is 2.81. The van der Waals surface area contributed by atoms with Crippen LogP contribution in [0.25, 0.3) is 10.2 Å². The van der Waals surface area contributed by atoms with Crippen molar-refractivity contribution in [3.8, 4) is 0 Å². The summed E-state index contributed by atoms with van der Waals surface area (Å²) in [6.45, 7) is 6.60. The Morgan fingerprint density at radius 3 is 2.67 bits per heavy atom. The monoisotopic (exact) mass is 716 g/mol. The fourth-order valence-corrected chi connectivity index (χ4v) is 8.85. The molecule has 2 aliphatic rings. The molecule has 0 spiro atoms. The van der Waals surface area contributed by atoms with Crippen LogP contribution >= 0.6 is 22.7 Å². The minimum Gasteiger partial charge on any atom is -0.378 e. The average molecular weight is 717 g/mol. The molecule has 14 nitrogen and oxygen atoms in total. The van der Waals surface area contributed by atoms with Crippen molar-refractivity contribution in [1.82, 2.24) is 24.6 Å². The molecule has 5 heterocycles. The van der Waals surface area contributed by atoms with Gasteiger partial charge in [0.25, 0.3) is 15.9 Å². The fourth-order valence-electron chi connectivity index (χ4n) is 5.90. The number of rotatable bonds is 14. The molecular formula is C31H40N8O6S3. The highest BCUT2D eigenvalue weighted by Crippen LogP contribution is 2.30. The number of fused-ring (bicyclic) bond motifs is 2. The topological polar surface area (TPSA) is 174 Å². The number of thiophene rings is 1. The van der Waals surface area contributed by atoms with Gasteiger partial charge in [-0.15, -0.1) is 11.3 Å². The van der Waals surface area contributed by atoms with Gasteiger partial charge in [-0.05, 0) is 60.9 Å². The van der Waals surface area contributed by atoms with Crippen LogP contribution in [0, 0.1) is 5.92 Å². The smallest absolute Gasteiger partial charge is 0.277 e. The minimum absolute atomic E-state index is 0.0182. The van der Waals surface area contributed by atoms with Gasteiger partial charge in [-0.2, -0.15) is 5.10 Å². The zero-order valence-electron chi connectivity index (χ0n) is 26.5. The van der Waals surface area contributed by atoms with Gasteiger partial charge in [-0.25, -0.2) is 13.4 Å².